The van der Waals surface area contributed by atoms with E-state index < -0.39 is 0 Å². The highest BCUT2D eigenvalue weighted by atomic mass is 16.5. The largest absolute Gasteiger partial charge is 0.450 e. The first kappa shape index (κ1) is 14.0. The predicted molar refractivity (Wildman–Crippen MR) is 62.9 cm³/mol. The minimum Gasteiger partial charge on any atom is -0.450 e. The minimum absolute atomic E-state index is 0.135. The van der Waals surface area contributed by atoms with Crippen molar-refractivity contribution in [1.29, 1.82) is 0 Å². The third kappa shape index (κ3) is 8.03. The molecular weight excluding hydrogens is 190 g/mol. The third-order valence-electron chi connectivity index (χ3n) is 2.22. The molecule has 0 aromatic heterocycles. The van der Waals surface area contributed by atoms with Crippen molar-refractivity contribution in [1.82, 2.24) is 5.32 Å². The molecule has 0 saturated heterocycles. The third-order valence-corrected chi connectivity index (χ3v) is 2.22. The van der Waals surface area contributed by atoms with Gasteiger partial charge in [0.25, 0.3) is 0 Å². The highest BCUT2D eigenvalue weighted by molar-refractivity contribution is 5.67. The van der Waals surface area contributed by atoms with Crippen LogP contribution < -0.4 is 5.32 Å². The molecule has 0 aliphatic carbocycles. The summed E-state index contributed by atoms with van der Waals surface area (Å²) in [5.41, 5.74) is 1.27. The van der Waals surface area contributed by atoms with Crippen molar-refractivity contribution in [3.63, 3.8) is 0 Å². The van der Waals surface area contributed by atoms with Gasteiger partial charge < -0.3 is 10.1 Å². The lowest BCUT2D eigenvalue weighted by atomic mass is 10.1. The molecule has 0 bridgehead atoms. The van der Waals surface area contributed by atoms with Crippen LogP contribution in [0.5, 0.6) is 0 Å². The van der Waals surface area contributed by atoms with Crippen LogP contribution in [0.4, 0.5) is 4.79 Å². The van der Waals surface area contributed by atoms with Crippen LogP contribution in [-0.2, 0) is 4.74 Å². The van der Waals surface area contributed by atoms with E-state index in [9.17, 15) is 4.79 Å². The lowest BCUT2D eigenvalue weighted by molar-refractivity contribution is 0.141. The summed E-state index contributed by atoms with van der Waals surface area (Å²) in [4.78, 5) is 11.2. The van der Waals surface area contributed by atoms with Crippen molar-refractivity contribution in [2.24, 2.45) is 0 Å². The SMILES string of the molecule is C/C=C(\C)CC(C)NC(=O)OCCCC. The van der Waals surface area contributed by atoms with Crippen molar-refractivity contribution in [2.75, 3.05) is 6.61 Å². The summed E-state index contributed by atoms with van der Waals surface area (Å²) in [6.45, 7) is 8.62. The Kier molecular flexibility index (Phi) is 7.78. The lowest BCUT2D eigenvalue weighted by Crippen LogP contribution is -2.33. The van der Waals surface area contributed by atoms with Crippen molar-refractivity contribution in [3.05, 3.63) is 11.6 Å². The van der Waals surface area contributed by atoms with Gasteiger partial charge in [0.15, 0.2) is 0 Å². The quantitative estimate of drug-likeness (QED) is 0.543. The van der Waals surface area contributed by atoms with Gasteiger partial charge in [0, 0.05) is 6.04 Å². The number of allylic oxidation sites excluding steroid dienone is 1. The van der Waals surface area contributed by atoms with Crippen LogP contribution in [0, 0.1) is 0 Å². The van der Waals surface area contributed by atoms with E-state index >= 15 is 0 Å². The number of unbranched alkanes of at least 4 members (excludes halogenated alkanes) is 1. The molecule has 1 unspecified atom stereocenters. The van der Waals surface area contributed by atoms with Crippen LogP contribution in [-0.4, -0.2) is 18.7 Å². The molecule has 1 atom stereocenters. The molecule has 88 valence electrons. The van der Waals surface area contributed by atoms with Gasteiger partial charge in [-0.2, -0.15) is 0 Å². The zero-order valence-electron chi connectivity index (χ0n) is 10.3. The maximum absolute atomic E-state index is 11.2. The topological polar surface area (TPSA) is 38.3 Å². The molecule has 3 heteroatoms. The molecule has 0 radical (unpaired) electrons. The Morgan fingerprint density at radius 1 is 1.53 bits per heavy atom. The molecule has 0 spiro atoms. The van der Waals surface area contributed by atoms with Crippen molar-refractivity contribution < 1.29 is 9.53 Å². The van der Waals surface area contributed by atoms with Gasteiger partial charge in [-0.3, -0.25) is 0 Å². The van der Waals surface area contributed by atoms with Gasteiger partial charge in [-0.1, -0.05) is 25.0 Å². The average Bonchev–Trinajstić information content (AvgIpc) is 2.17. The molecule has 0 fully saturated rings. The fraction of sp³-hybridized carbons (Fsp3) is 0.750. The second-order valence-corrected chi connectivity index (χ2v) is 3.87. The number of hydrogen-bond donors (Lipinski definition) is 1. The molecule has 3 nitrogen and oxygen atoms in total. The number of nitrogens with one attached hydrogen (secondary N) is 1. The van der Waals surface area contributed by atoms with Crippen molar-refractivity contribution >= 4 is 6.09 Å². The summed E-state index contributed by atoms with van der Waals surface area (Å²) in [7, 11) is 0. The number of amides is 1. The maximum Gasteiger partial charge on any atom is 0.407 e. The van der Waals surface area contributed by atoms with Crippen LogP contribution in [0.2, 0.25) is 0 Å². The molecular formula is C12H23NO2. The summed E-state index contributed by atoms with van der Waals surface area (Å²) in [6.07, 6.45) is 4.59. The standard InChI is InChI=1S/C12H23NO2/c1-5-7-8-15-12(14)13-11(4)9-10(3)6-2/h6,11H,5,7-9H2,1-4H3,(H,13,14)/b10-6+. The van der Waals surface area contributed by atoms with Gasteiger partial charge in [-0.25, -0.2) is 4.79 Å². The highest BCUT2D eigenvalue weighted by Gasteiger charge is 2.07. The Labute approximate surface area is 92.9 Å². The van der Waals surface area contributed by atoms with E-state index in [0.717, 1.165) is 19.3 Å². The Morgan fingerprint density at radius 2 is 2.20 bits per heavy atom. The predicted octanol–water partition coefficient (Wildman–Crippen LogP) is 3.26. The van der Waals surface area contributed by atoms with E-state index in [2.05, 4.69) is 25.2 Å². The first-order valence-corrected chi connectivity index (χ1v) is 5.65. The van der Waals surface area contributed by atoms with Gasteiger partial charge in [-0.05, 0) is 33.6 Å². The summed E-state index contributed by atoms with van der Waals surface area (Å²) >= 11 is 0. The van der Waals surface area contributed by atoms with E-state index in [1.807, 2.05) is 13.8 Å². The van der Waals surface area contributed by atoms with Crippen LogP contribution in [0.25, 0.3) is 0 Å². The van der Waals surface area contributed by atoms with E-state index in [0.29, 0.717) is 6.61 Å². The monoisotopic (exact) mass is 213 g/mol. The average molecular weight is 213 g/mol. The molecule has 1 amide bonds. The Hall–Kier alpha value is -0.990. The molecule has 0 aliphatic rings. The Balaban J connectivity index is 3.67. The molecule has 0 aliphatic heterocycles. The fourth-order valence-corrected chi connectivity index (χ4v) is 1.20. The second kappa shape index (κ2) is 8.33. The van der Waals surface area contributed by atoms with Gasteiger partial charge in [0.2, 0.25) is 0 Å². The molecule has 0 heterocycles. The highest BCUT2D eigenvalue weighted by Crippen LogP contribution is 2.03. The van der Waals surface area contributed by atoms with Crippen LogP contribution >= 0.6 is 0 Å². The van der Waals surface area contributed by atoms with Crippen LogP contribution in [0.1, 0.15) is 47.0 Å². The van der Waals surface area contributed by atoms with E-state index in [1.165, 1.54) is 5.57 Å². The summed E-state index contributed by atoms with van der Waals surface area (Å²) < 4.78 is 5.00. The number of carbonyl (C=O) groups is 1. The number of alkyl carbamates (subject to hydrolysis) is 1. The number of rotatable bonds is 6. The number of ether oxygens (including phenoxy) is 1. The lowest BCUT2D eigenvalue weighted by Gasteiger charge is -2.13. The molecule has 0 aromatic rings. The summed E-state index contributed by atoms with van der Waals surface area (Å²) in [6, 6.07) is 0.135. The Morgan fingerprint density at radius 3 is 2.73 bits per heavy atom. The first-order chi connectivity index (χ1) is 7.10. The summed E-state index contributed by atoms with van der Waals surface area (Å²) in [5, 5.41) is 2.80. The number of carbonyl (C=O) groups excluding carboxylic acids is 1. The van der Waals surface area contributed by atoms with Crippen LogP contribution in [0.3, 0.4) is 0 Å². The number of hydrogen-bond acceptors (Lipinski definition) is 2. The normalized spacial score (nSPS) is 13.5. The van der Waals surface area contributed by atoms with Gasteiger partial charge in [0.1, 0.15) is 0 Å². The molecule has 15 heavy (non-hydrogen) atoms. The van der Waals surface area contributed by atoms with Gasteiger partial charge in [0.05, 0.1) is 6.61 Å². The Bertz CT molecular complexity index is 212. The zero-order valence-corrected chi connectivity index (χ0v) is 10.3. The van der Waals surface area contributed by atoms with E-state index in [4.69, 9.17) is 4.74 Å². The second-order valence-electron chi connectivity index (χ2n) is 3.87. The summed E-state index contributed by atoms with van der Waals surface area (Å²) in [5.74, 6) is 0. The zero-order chi connectivity index (χ0) is 11.7. The van der Waals surface area contributed by atoms with Crippen molar-refractivity contribution in [2.45, 2.75) is 53.0 Å². The fourth-order valence-electron chi connectivity index (χ4n) is 1.20. The van der Waals surface area contributed by atoms with E-state index in [-0.39, 0.29) is 12.1 Å². The molecule has 0 saturated carbocycles. The first-order valence-electron chi connectivity index (χ1n) is 5.65. The van der Waals surface area contributed by atoms with Gasteiger partial charge in [-0.15, -0.1) is 0 Å². The minimum atomic E-state index is -0.306. The van der Waals surface area contributed by atoms with Crippen molar-refractivity contribution in [3.8, 4) is 0 Å². The molecule has 1 N–H and O–H groups in total. The smallest absolute Gasteiger partial charge is 0.407 e. The van der Waals surface area contributed by atoms with E-state index in [1.54, 1.807) is 0 Å². The molecule has 0 aromatic carbocycles. The van der Waals surface area contributed by atoms with Gasteiger partial charge >= 0.3 is 6.09 Å². The van der Waals surface area contributed by atoms with Crippen LogP contribution in [0.15, 0.2) is 11.6 Å². The molecule has 0 rings (SSSR count). The maximum atomic E-state index is 11.2.